The number of anilines is 1. The molecule has 0 aromatic heterocycles. The number of nitro benzene ring substituents is 2. The van der Waals surface area contributed by atoms with Gasteiger partial charge in [-0.1, -0.05) is 12.1 Å². The Hall–Kier alpha value is -3.58. The van der Waals surface area contributed by atoms with Crippen molar-refractivity contribution in [2.45, 2.75) is 23.8 Å². The van der Waals surface area contributed by atoms with E-state index in [-0.39, 0.29) is 43.5 Å². The van der Waals surface area contributed by atoms with Gasteiger partial charge >= 0.3 is 0 Å². The van der Waals surface area contributed by atoms with Crippen LogP contribution in [0.15, 0.2) is 47.4 Å². The van der Waals surface area contributed by atoms with E-state index in [9.17, 15) is 33.4 Å². The first-order valence-corrected chi connectivity index (χ1v) is 11.7. The summed E-state index contributed by atoms with van der Waals surface area (Å²) in [6, 6.07) is 9.56. The van der Waals surface area contributed by atoms with E-state index in [2.05, 4.69) is 5.32 Å². The standard InChI is InChI=1S/C20H21N5O7S/c26-20(14-5-8-16(21-15-6-7-15)18(13-14)25(29)30)22-9-11-23(12-10-22)33(31,32)19-4-2-1-3-17(19)24(27)28/h1-5,8,13,15,21H,6-7,9-12H2. The lowest BCUT2D eigenvalue weighted by Gasteiger charge is -2.34. The van der Waals surface area contributed by atoms with Crippen LogP contribution in [0.4, 0.5) is 17.1 Å². The van der Waals surface area contributed by atoms with Crippen molar-refractivity contribution in [2.24, 2.45) is 0 Å². The van der Waals surface area contributed by atoms with Crippen molar-refractivity contribution in [3.8, 4) is 0 Å². The molecule has 1 saturated carbocycles. The van der Waals surface area contributed by atoms with E-state index in [1.807, 2.05) is 0 Å². The summed E-state index contributed by atoms with van der Waals surface area (Å²) < 4.78 is 27.0. The highest BCUT2D eigenvalue weighted by atomic mass is 32.2. The van der Waals surface area contributed by atoms with Crippen LogP contribution in [0.2, 0.25) is 0 Å². The van der Waals surface area contributed by atoms with Gasteiger partial charge in [0.05, 0.1) is 9.85 Å². The molecule has 2 fully saturated rings. The monoisotopic (exact) mass is 475 g/mol. The quantitative estimate of drug-likeness (QED) is 0.472. The summed E-state index contributed by atoms with van der Waals surface area (Å²) in [5.41, 5.74) is -0.203. The summed E-state index contributed by atoms with van der Waals surface area (Å²) >= 11 is 0. The number of nitrogens with zero attached hydrogens (tertiary/aromatic N) is 4. The van der Waals surface area contributed by atoms with E-state index in [0.29, 0.717) is 5.69 Å². The SMILES string of the molecule is O=C(c1ccc(NC2CC2)c([N+](=O)[O-])c1)N1CCN(S(=O)(=O)c2ccccc2[N+](=O)[O-])CC1. The molecule has 0 bridgehead atoms. The predicted molar refractivity (Wildman–Crippen MR) is 117 cm³/mol. The number of piperazine rings is 1. The number of nitrogens with one attached hydrogen (secondary N) is 1. The number of amides is 1. The first-order chi connectivity index (χ1) is 15.7. The molecule has 0 atom stereocenters. The summed E-state index contributed by atoms with van der Waals surface area (Å²) in [7, 11) is -4.12. The summed E-state index contributed by atoms with van der Waals surface area (Å²) in [6.07, 6.45) is 1.88. The zero-order valence-electron chi connectivity index (χ0n) is 17.4. The Morgan fingerprint density at radius 1 is 0.939 bits per heavy atom. The maximum atomic E-state index is 12.9. The van der Waals surface area contributed by atoms with Crippen molar-refractivity contribution in [2.75, 3.05) is 31.5 Å². The average molecular weight is 475 g/mol. The van der Waals surface area contributed by atoms with E-state index in [1.54, 1.807) is 0 Å². The van der Waals surface area contributed by atoms with E-state index in [4.69, 9.17) is 0 Å². The van der Waals surface area contributed by atoms with Crippen molar-refractivity contribution in [1.29, 1.82) is 0 Å². The summed E-state index contributed by atoms with van der Waals surface area (Å²) in [5.74, 6) is -0.446. The maximum Gasteiger partial charge on any atom is 0.293 e. The van der Waals surface area contributed by atoms with E-state index < -0.39 is 36.4 Å². The lowest BCUT2D eigenvalue weighted by Crippen LogP contribution is -2.50. The van der Waals surface area contributed by atoms with E-state index in [1.165, 1.54) is 41.3 Å². The zero-order chi connectivity index (χ0) is 23.8. The fraction of sp³-hybridized carbons (Fsp3) is 0.350. The fourth-order valence-electron chi connectivity index (χ4n) is 3.66. The van der Waals surface area contributed by atoms with Crippen LogP contribution in [0.25, 0.3) is 0 Å². The molecule has 0 spiro atoms. The first-order valence-electron chi connectivity index (χ1n) is 10.3. The number of para-hydroxylation sites is 1. The molecule has 1 amide bonds. The topological polar surface area (TPSA) is 156 Å². The van der Waals surface area contributed by atoms with Gasteiger partial charge in [-0.2, -0.15) is 4.31 Å². The minimum atomic E-state index is -4.12. The highest BCUT2D eigenvalue weighted by molar-refractivity contribution is 7.89. The number of carbonyl (C=O) groups excluding carboxylic acids is 1. The lowest BCUT2D eigenvalue weighted by molar-refractivity contribution is -0.387. The van der Waals surface area contributed by atoms with Crippen molar-refractivity contribution >= 4 is 33.0 Å². The van der Waals surface area contributed by atoms with Crippen LogP contribution in [0.5, 0.6) is 0 Å². The Kier molecular flexibility index (Phi) is 5.99. The highest BCUT2D eigenvalue weighted by Crippen LogP contribution is 2.32. The smallest absolute Gasteiger partial charge is 0.293 e. The Morgan fingerprint density at radius 3 is 2.18 bits per heavy atom. The molecule has 2 aliphatic rings. The molecule has 0 radical (unpaired) electrons. The maximum absolute atomic E-state index is 12.9. The molecular formula is C20H21N5O7S. The third-order valence-electron chi connectivity index (χ3n) is 5.58. The molecule has 33 heavy (non-hydrogen) atoms. The normalized spacial score (nSPS) is 16.9. The van der Waals surface area contributed by atoms with Gasteiger partial charge in [-0.15, -0.1) is 0 Å². The number of benzene rings is 2. The van der Waals surface area contributed by atoms with E-state index in [0.717, 1.165) is 23.2 Å². The Bertz CT molecular complexity index is 1220. The summed E-state index contributed by atoms with van der Waals surface area (Å²) in [6.45, 7) is -0.00377. The van der Waals surface area contributed by atoms with Crippen LogP contribution < -0.4 is 5.32 Å². The lowest BCUT2D eigenvalue weighted by atomic mass is 10.1. The van der Waals surface area contributed by atoms with Gasteiger partial charge in [0.1, 0.15) is 5.69 Å². The molecule has 1 saturated heterocycles. The van der Waals surface area contributed by atoms with Gasteiger partial charge in [0.15, 0.2) is 4.90 Å². The summed E-state index contributed by atoms with van der Waals surface area (Å²) in [4.78, 5) is 35.3. The molecule has 1 N–H and O–H groups in total. The largest absolute Gasteiger partial charge is 0.377 e. The molecule has 174 valence electrons. The van der Waals surface area contributed by atoms with Crippen molar-refractivity contribution < 1.29 is 23.1 Å². The first kappa shape index (κ1) is 22.6. The third-order valence-corrected chi connectivity index (χ3v) is 7.53. The van der Waals surface area contributed by atoms with Crippen LogP contribution in [0.3, 0.4) is 0 Å². The molecule has 2 aromatic rings. The van der Waals surface area contributed by atoms with Gasteiger partial charge in [0.25, 0.3) is 17.3 Å². The van der Waals surface area contributed by atoms with Gasteiger partial charge in [0, 0.05) is 49.9 Å². The van der Waals surface area contributed by atoms with Crippen LogP contribution in [0.1, 0.15) is 23.2 Å². The second-order valence-corrected chi connectivity index (χ2v) is 9.74. The zero-order valence-corrected chi connectivity index (χ0v) is 18.2. The van der Waals surface area contributed by atoms with Crippen molar-refractivity contribution in [3.05, 3.63) is 68.3 Å². The minimum Gasteiger partial charge on any atom is -0.377 e. The molecular weight excluding hydrogens is 454 g/mol. The number of rotatable bonds is 7. The minimum absolute atomic E-state index is 0.0502. The van der Waals surface area contributed by atoms with Crippen molar-refractivity contribution in [1.82, 2.24) is 9.21 Å². The van der Waals surface area contributed by atoms with Gasteiger partial charge in [-0.3, -0.25) is 25.0 Å². The van der Waals surface area contributed by atoms with Gasteiger partial charge < -0.3 is 10.2 Å². The Labute approximate surface area is 189 Å². The highest BCUT2D eigenvalue weighted by Gasteiger charge is 2.35. The Balaban J connectivity index is 1.48. The fourth-order valence-corrected chi connectivity index (χ4v) is 5.24. The van der Waals surface area contributed by atoms with Gasteiger partial charge in [-0.25, -0.2) is 8.42 Å². The Morgan fingerprint density at radius 2 is 1.58 bits per heavy atom. The number of nitro groups is 2. The summed E-state index contributed by atoms with van der Waals surface area (Å²) in [5, 5.41) is 25.8. The molecule has 4 rings (SSSR count). The molecule has 0 unspecified atom stereocenters. The van der Waals surface area contributed by atoms with E-state index >= 15 is 0 Å². The molecule has 2 aromatic carbocycles. The molecule has 1 heterocycles. The van der Waals surface area contributed by atoms with Crippen LogP contribution >= 0.6 is 0 Å². The number of sulfonamides is 1. The number of hydrogen-bond donors (Lipinski definition) is 1. The van der Waals surface area contributed by atoms with Crippen LogP contribution in [-0.4, -0.2) is 65.6 Å². The molecule has 12 nitrogen and oxygen atoms in total. The average Bonchev–Trinajstić information content (AvgIpc) is 3.63. The number of carbonyl (C=O) groups is 1. The second kappa shape index (κ2) is 8.75. The molecule has 1 aliphatic carbocycles. The van der Waals surface area contributed by atoms with Gasteiger partial charge in [0.2, 0.25) is 10.0 Å². The number of hydrogen-bond acceptors (Lipinski definition) is 8. The predicted octanol–water partition coefficient (Wildman–Crippen LogP) is 2.22. The van der Waals surface area contributed by atoms with Crippen molar-refractivity contribution in [3.63, 3.8) is 0 Å². The third kappa shape index (κ3) is 4.64. The second-order valence-electron chi connectivity index (χ2n) is 7.83. The molecule has 13 heteroatoms. The van der Waals surface area contributed by atoms with Crippen LogP contribution in [-0.2, 0) is 10.0 Å². The van der Waals surface area contributed by atoms with Crippen LogP contribution in [0, 0.1) is 20.2 Å². The van der Waals surface area contributed by atoms with Gasteiger partial charge in [-0.05, 0) is 31.0 Å². The molecule has 1 aliphatic heterocycles.